The monoisotopic (exact) mass is 337 g/mol. The van der Waals surface area contributed by atoms with E-state index in [1.54, 1.807) is 20.1 Å². The first-order valence-electron chi connectivity index (χ1n) is 8.00. The van der Waals surface area contributed by atoms with Crippen molar-refractivity contribution in [3.05, 3.63) is 65.2 Å². The molecule has 3 rings (SSSR count). The number of rotatable bonds is 6. The van der Waals surface area contributed by atoms with Gasteiger partial charge in [0, 0.05) is 6.42 Å². The van der Waals surface area contributed by atoms with Crippen molar-refractivity contribution in [3.63, 3.8) is 0 Å². The average Bonchev–Trinajstić information content (AvgIpc) is 2.95. The SMILES string of the molecule is COc1cc(/C=C2\C(=O)ON=C2C)ccc1OCCc1ccccc1. The fraction of sp³-hybridized carbons (Fsp3) is 0.200. The maximum absolute atomic E-state index is 11.6. The van der Waals surface area contributed by atoms with E-state index in [-0.39, 0.29) is 0 Å². The van der Waals surface area contributed by atoms with E-state index < -0.39 is 5.97 Å². The van der Waals surface area contributed by atoms with Gasteiger partial charge in [-0.1, -0.05) is 41.6 Å². The first kappa shape index (κ1) is 16.8. The highest BCUT2D eigenvalue weighted by atomic mass is 16.7. The summed E-state index contributed by atoms with van der Waals surface area (Å²) in [5, 5.41) is 3.67. The molecule has 5 nitrogen and oxygen atoms in total. The van der Waals surface area contributed by atoms with E-state index in [9.17, 15) is 4.79 Å². The number of oxime groups is 1. The molecule has 0 amide bonds. The Hall–Kier alpha value is -3.08. The topological polar surface area (TPSA) is 57.1 Å². The first-order valence-corrected chi connectivity index (χ1v) is 8.00. The number of nitrogens with zero attached hydrogens (tertiary/aromatic N) is 1. The van der Waals surface area contributed by atoms with Crippen LogP contribution in [0.2, 0.25) is 0 Å². The summed E-state index contributed by atoms with van der Waals surface area (Å²) >= 11 is 0. The molecule has 128 valence electrons. The van der Waals surface area contributed by atoms with Gasteiger partial charge in [0.1, 0.15) is 0 Å². The normalized spacial score (nSPS) is 15.0. The lowest BCUT2D eigenvalue weighted by Gasteiger charge is -2.11. The van der Waals surface area contributed by atoms with Crippen LogP contribution in [0, 0.1) is 0 Å². The van der Waals surface area contributed by atoms with Gasteiger partial charge in [-0.3, -0.25) is 0 Å². The zero-order chi connectivity index (χ0) is 17.6. The van der Waals surface area contributed by atoms with Crippen molar-refractivity contribution in [2.45, 2.75) is 13.3 Å². The molecule has 0 saturated carbocycles. The van der Waals surface area contributed by atoms with Gasteiger partial charge in [-0.2, -0.15) is 0 Å². The molecular weight excluding hydrogens is 318 g/mol. The molecule has 0 atom stereocenters. The van der Waals surface area contributed by atoms with Crippen molar-refractivity contribution >= 4 is 17.8 Å². The summed E-state index contributed by atoms with van der Waals surface area (Å²) in [5.74, 6) is 0.836. The molecule has 0 N–H and O–H groups in total. The van der Waals surface area contributed by atoms with Crippen LogP contribution in [0.1, 0.15) is 18.1 Å². The minimum Gasteiger partial charge on any atom is -0.493 e. The zero-order valence-corrected chi connectivity index (χ0v) is 14.2. The van der Waals surface area contributed by atoms with Gasteiger partial charge in [-0.05, 0) is 36.3 Å². The second-order valence-electron chi connectivity index (χ2n) is 5.61. The van der Waals surface area contributed by atoms with Gasteiger partial charge in [0.25, 0.3) is 0 Å². The Bertz CT molecular complexity index is 825. The van der Waals surface area contributed by atoms with Crippen LogP contribution in [0.15, 0.2) is 59.3 Å². The van der Waals surface area contributed by atoms with E-state index in [1.165, 1.54) is 5.56 Å². The number of benzene rings is 2. The van der Waals surface area contributed by atoms with Crippen molar-refractivity contribution in [2.24, 2.45) is 5.16 Å². The number of carbonyl (C=O) groups excluding carboxylic acids is 1. The number of ether oxygens (including phenoxy) is 2. The van der Waals surface area contributed by atoms with Crippen LogP contribution in [-0.2, 0) is 16.1 Å². The number of hydrogen-bond donors (Lipinski definition) is 0. The predicted molar refractivity (Wildman–Crippen MR) is 95.8 cm³/mol. The molecule has 1 aliphatic heterocycles. The van der Waals surface area contributed by atoms with Crippen molar-refractivity contribution in [1.82, 2.24) is 0 Å². The minimum absolute atomic E-state index is 0.444. The van der Waals surface area contributed by atoms with Crippen LogP contribution in [-0.4, -0.2) is 25.4 Å². The van der Waals surface area contributed by atoms with Crippen molar-refractivity contribution in [2.75, 3.05) is 13.7 Å². The van der Waals surface area contributed by atoms with E-state index in [0.717, 1.165) is 12.0 Å². The molecular formula is C20H19NO4. The molecule has 0 bridgehead atoms. The molecule has 25 heavy (non-hydrogen) atoms. The molecule has 0 spiro atoms. The Morgan fingerprint density at radius 1 is 1.12 bits per heavy atom. The molecule has 0 unspecified atom stereocenters. The minimum atomic E-state index is -0.445. The van der Waals surface area contributed by atoms with E-state index >= 15 is 0 Å². The van der Waals surface area contributed by atoms with Gasteiger partial charge >= 0.3 is 5.97 Å². The second kappa shape index (κ2) is 7.66. The van der Waals surface area contributed by atoms with Crippen LogP contribution < -0.4 is 9.47 Å². The second-order valence-corrected chi connectivity index (χ2v) is 5.61. The molecule has 0 fully saturated rings. The molecule has 1 heterocycles. The maximum Gasteiger partial charge on any atom is 0.367 e. The summed E-state index contributed by atoms with van der Waals surface area (Å²) in [6, 6.07) is 15.7. The third-order valence-electron chi connectivity index (χ3n) is 3.87. The van der Waals surface area contributed by atoms with Gasteiger partial charge in [0.15, 0.2) is 11.5 Å². The Morgan fingerprint density at radius 2 is 1.92 bits per heavy atom. The summed E-state index contributed by atoms with van der Waals surface area (Å²) < 4.78 is 11.2. The Labute approximate surface area is 146 Å². The van der Waals surface area contributed by atoms with Crippen LogP contribution >= 0.6 is 0 Å². The maximum atomic E-state index is 11.6. The summed E-state index contributed by atoms with van der Waals surface area (Å²) in [7, 11) is 1.59. The largest absolute Gasteiger partial charge is 0.493 e. The number of carbonyl (C=O) groups is 1. The fourth-order valence-electron chi connectivity index (χ4n) is 2.50. The van der Waals surface area contributed by atoms with Crippen molar-refractivity contribution < 1.29 is 19.1 Å². The first-order chi connectivity index (χ1) is 12.2. The third kappa shape index (κ3) is 4.07. The average molecular weight is 337 g/mol. The van der Waals surface area contributed by atoms with Crippen LogP contribution in [0.4, 0.5) is 0 Å². The van der Waals surface area contributed by atoms with Crippen LogP contribution in [0.25, 0.3) is 6.08 Å². The van der Waals surface area contributed by atoms with Gasteiger partial charge in [-0.25, -0.2) is 4.79 Å². The van der Waals surface area contributed by atoms with Gasteiger partial charge in [0.05, 0.1) is 25.0 Å². The number of methoxy groups -OCH3 is 1. The lowest BCUT2D eigenvalue weighted by atomic mass is 10.1. The molecule has 2 aromatic carbocycles. The Balaban J connectivity index is 1.70. The summed E-state index contributed by atoms with van der Waals surface area (Å²) in [6.07, 6.45) is 2.54. The highest BCUT2D eigenvalue weighted by molar-refractivity contribution is 6.24. The van der Waals surface area contributed by atoms with Crippen molar-refractivity contribution in [1.29, 1.82) is 0 Å². The van der Waals surface area contributed by atoms with E-state index in [0.29, 0.717) is 29.4 Å². The Kier molecular flexibility index (Phi) is 5.14. The van der Waals surface area contributed by atoms with Gasteiger partial charge in [-0.15, -0.1) is 0 Å². The number of hydrogen-bond acceptors (Lipinski definition) is 5. The lowest BCUT2D eigenvalue weighted by molar-refractivity contribution is -0.136. The smallest absolute Gasteiger partial charge is 0.367 e. The van der Waals surface area contributed by atoms with Crippen LogP contribution in [0.3, 0.4) is 0 Å². The Morgan fingerprint density at radius 3 is 2.60 bits per heavy atom. The molecule has 0 aromatic heterocycles. The standard InChI is InChI=1S/C20H19NO4/c1-14-17(20(22)25-21-14)12-16-8-9-18(19(13-16)23-2)24-11-10-15-6-4-3-5-7-15/h3-9,12-13H,10-11H2,1-2H3/b17-12-. The fourth-order valence-corrected chi connectivity index (χ4v) is 2.50. The molecule has 0 radical (unpaired) electrons. The molecule has 2 aromatic rings. The lowest BCUT2D eigenvalue weighted by Crippen LogP contribution is -2.03. The third-order valence-corrected chi connectivity index (χ3v) is 3.87. The quantitative estimate of drug-likeness (QED) is 0.596. The highest BCUT2D eigenvalue weighted by Crippen LogP contribution is 2.29. The van der Waals surface area contributed by atoms with E-state index in [1.807, 2.05) is 36.4 Å². The molecule has 0 saturated heterocycles. The van der Waals surface area contributed by atoms with Crippen molar-refractivity contribution in [3.8, 4) is 11.5 Å². The van der Waals surface area contributed by atoms with Gasteiger partial charge in [0.2, 0.25) is 0 Å². The van der Waals surface area contributed by atoms with Crippen LogP contribution in [0.5, 0.6) is 11.5 Å². The summed E-state index contributed by atoms with van der Waals surface area (Å²) in [4.78, 5) is 16.3. The summed E-state index contributed by atoms with van der Waals surface area (Å²) in [6.45, 7) is 2.29. The summed E-state index contributed by atoms with van der Waals surface area (Å²) in [5.41, 5.74) is 3.04. The molecule has 5 heteroatoms. The molecule has 0 aliphatic carbocycles. The highest BCUT2D eigenvalue weighted by Gasteiger charge is 2.21. The van der Waals surface area contributed by atoms with E-state index in [4.69, 9.17) is 9.47 Å². The predicted octanol–water partition coefficient (Wildman–Crippen LogP) is 3.63. The zero-order valence-electron chi connectivity index (χ0n) is 14.2. The van der Waals surface area contributed by atoms with E-state index in [2.05, 4.69) is 22.1 Å². The molecule has 1 aliphatic rings. The van der Waals surface area contributed by atoms with Gasteiger partial charge < -0.3 is 14.3 Å².